The lowest BCUT2D eigenvalue weighted by Gasteiger charge is -2.30. The molecule has 1 aliphatic rings. The highest BCUT2D eigenvalue weighted by Crippen LogP contribution is 2.33. The summed E-state index contributed by atoms with van der Waals surface area (Å²) in [5.41, 5.74) is 2.14. The van der Waals surface area contributed by atoms with Crippen molar-refractivity contribution in [3.05, 3.63) is 28.3 Å². The molecule has 0 saturated heterocycles. The Morgan fingerprint density at radius 2 is 1.89 bits per heavy atom. The van der Waals surface area contributed by atoms with Crippen LogP contribution >= 0.6 is 23.4 Å². The highest BCUT2D eigenvalue weighted by atomic mass is 35.5. The molecule has 0 spiro atoms. The van der Waals surface area contributed by atoms with Crippen LogP contribution in [0.15, 0.2) is 12.1 Å². The number of nitrogens with zero attached hydrogens (tertiary/aromatic N) is 1. The summed E-state index contributed by atoms with van der Waals surface area (Å²) >= 11 is 7.30. The molecule has 0 radical (unpaired) electrons. The Labute approximate surface area is 169 Å². The lowest BCUT2D eigenvalue weighted by atomic mass is 10.1. The molecule has 1 saturated carbocycles. The minimum atomic E-state index is -0.819. The number of amides is 1. The van der Waals surface area contributed by atoms with E-state index in [0.717, 1.165) is 43.0 Å². The van der Waals surface area contributed by atoms with Crippen molar-refractivity contribution in [1.29, 1.82) is 0 Å². The predicted molar refractivity (Wildman–Crippen MR) is 109 cm³/mol. The zero-order valence-electron chi connectivity index (χ0n) is 16.2. The summed E-state index contributed by atoms with van der Waals surface area (Å²) in [6, 6.07) is 2.76. The van der Waals surface area contributed by atoms with Gasteiger partial charge < -0.3 is 4.74 Å². The third-order valence-electron chi connectivity index (χ3n) is 5.03. The fraction of sp³-hybridized carbons (Fsp3) is 0.550. The van der Waals surface area contributed by atoms with Crippen LogP contribution in [0.1, 0.15) is 43.7 Å². The van der Waals surface area contributed by atoms with Crippen LogP contribution in [0.5, 0.6) is 0 Å². The first-order chi connectivity index (χ1) is 12.8. The second-order valence-corrected chi connectivity index (χ2v) is 8.28. The van der Waals surface area contributed by atoms with Gasteiger partial charge in [-0.2, -0.15) is 0 Å². The summed E-state index contributed by atoms with van der Waals surface area (Å²) in [6.07, 6.45) is 3.93. The van der Waals surface area contributed by atoms with Crippen LogP contribution in [-0.4, -0.2) is 35.9 Å². The number of hydrogen-bond acceptors (Lipinski definition) is 5. The molecule has 148 valence electrons. The van der Waals surface area contributed by atoms with E-state index in [1.807, 2.05) is 19.9 Å². The van der Waals surface area contributed by atoms with Crippen LogP contribution in [-0.2, 0) is 19.1 Å². The number of hydrogen-bond donors (Lipinski definition) is 0. The lowest BCUT2D eigenvalue weighted by Crippen LogP contribution is -2.46. The second-order valence-electron chi connectivity index (χ2n) is 6.89. The molecule has 0 heterocycles. The lowest BCUT2D eigenvalue weighted by molar-refractivity contribution is -0.142. The normalized spacial score (nSPS) is 15.4. The van der Waals surface area contributed by atoms with E-state index in [0.29, 0.717) is 16.3 Å². The Morgan fingerprint density at radius 1 is 1.26 bits per heavy atom. The predicted octanol–water partition coefficient (Wildman–Crippen LogP) is 4.30. The van der Waals surface area contributed by atoms with Crippen molar-refractivity contribution >= 4 is 46.0 Å². The van der Waals surface area contributed by atoms with E-state index in [2.05, 4.69) is 0 Å². The van der Waals surface area contributed by atoms with Crippen LogP contribution < -0.4 is 4.90 Å². The molecule has 1 unspecified atom stereocenters. The molecule has 2 rings (SSSR count). The van der Waals surface area contributed by atoms with Crippen molar-refractivity contribution in [2.24, 2.45) is 5.92 Å². The van der Waals surface area contributed by atoms with Gasteiger partial charge in [-0.1, -0.05) is 42.3 Å². The first-order valence-corrected chi connectivity index (χ1v) is 10.5. The van der Waals surface area contributed by atoms with Crippen molar-refractivity contribution in [1.82, 2.24) is 0 Å². The van der Waals surface area contributed by atoms with E-state index in [1.54, 1.807) is 13.0 Å². The number of thioether (sulfide) groups is 1. The van der Waals surface area contributed by atoms with Gasteiger partial charge in [0.1, 0.15) is 6.04 Å². The highest BCUT2D eigenvalue weighted by molar-refractivity contribution is 8.14. The van der Waals surface area contributed by atoms with Gasteiger partial charge in [-0.15, -0.1) is 0 Å². The Kier molecular flexibility index (Phi) is 7.74. The van der Waals surface area contributed by atoms with Crippen molar-refractivity contribution in [2.75, 3.05) is 17.8 Å². The maximum atomic E-state index is 13.0. The largest absolute Gasteiger partial charge is 0.467 e. The summed E-state index contributed by atoms with van der Waals surface area (Å²) in [5.74, 6) is -0.793. The SMILES string of the molecule is COC(=O)C(C)N(C(=O)CSC(=O)C1CCCC1)c1c(C)ccc(Cl)c1C. The topological polar surface area (TPSA) is 63.7 Å². The van der Waals surface area contributed by atoms with Gasteiger partial charge in [0.25, 0.3) is 0 Å². The number of anilines is 1. The van der Waals surface area contributed by atoms with Crippen molar-refractivity contribution in [2.45, 2.75) is 52.5 Å². The quantitative estimate of drug-likeness (QED) is 0.653. The number of ether oxygens (including phenoxy) is 1. The maximum absolute atomic E-state index is 13.0. The maximum Gasteiger partial charge on any atom is 0.328 e. The smallest absolute Gasteiger partial charge is 0.328 e. The molecule has 27 heavy (non-hydrogen) atoms. The summed E-state index contributed by atoms with van der Waals surface area (Å²) in [7, 11) is 1.29. The Bertz CT molecular complexity index is 731. The molecular weight excluding hydrogens is 386 g/mol. The summed E-state index contributed by atoms with van der Waals surface area (Å²) in [4.78, 5) is 39.0. The Hall–Kier alpha value is -1.53. The van der Waals surface area contributed by atoms with Crippen LogP contribution in [0.25, 0.3) is 0 Å². The Morgan fingerprint density at radius 3 is 2.48 bits per heavy atom. The molecular formula is C20H26ClNO4S. The molecule has 0 aliphatic heterocycles. The molecule has 1 aromatic rings. The van der Waals surface area contributed by atoms with Crippen LogP contribution in [0, 0.1) is 19.8 Å². The van der Waals surface area contributed by atoms with Gasteiger partial charge in [0.05, 0.1) is 18.6 Å². The number of halogens is 1. The minimum absolute atomic E-state index is 0.0118. The van der Waals surface area contributed by atoms with Crippen LogP contribution in [0.3, 0.4) is 0 Å². The summed E-state index contributed by atoms with van der Waals surface area (Å²) in [6.45, 7) is 5.29. The second kappa shape index (κ2) is 9.60. The number of benzene rings is 1. The van der Waals surface area contributed by atoms with Gasteiger partial charge in [-0.3, -0.25) is 14.5 Å². The fourth-order valence-electron chi connectivity index (χ4n) is 3.47. The minimum Gasteiger partial charge on any atom is -0.467 e. The molecule has 1 fully saturated rings. The first-order valence-electron chi connectivity index (χ1n) is 9.10. The zero-order valence-corrected chi connectivity index (χ0v) is 17.8. The van der Waals surface area contributed by atoms with E-state index in [4.69, 9.17) is 16.3 Å². The van der Waals surface area contributed by atoms with E-state index in [-0.39, 0.29) is 22.7 Å². The molecule has 5 nitrogen and oxygen atoms in total. The summed E-state index contributed by atoms with van der Waals surface area (Å²) < 4.78 is 4.84. The van der Waals surface area contributed by atoms with Gasteiger partial charge in [0.15, 0.2) is 5.12 Å². The molecule has 1 amide bonds. The third-order valence-corrected chi connectivity index (χ3v) is 6.45. The monoisotopic (exact) mass is 411 g/mol. The van der Waals surface area contributed by atoms with Gasteiger partial charge in [-0.25, -0.2) is 4.79 Å². The van der Waals surface area contributed by atoms with Gasteiger partial charge in [0, 0.05) is 10.9 Å². The molecule has 0 aromatic heterocycles. The molecule has 0 N–H and O–H groups in total. The van der Waals surface area contributed by atoms with E-state index < -0.39 is 12.0 Å². The Balaban J connectivity index is 2.27. The number of esters is 1. The van der Waals surface area contributed by atoms with Crippen molar-refractivity contribution < 1.29 is 19.1 Å². The average Bonchev–Trinajstić information content (AvgIpc) is 3.19. The summed E-state index contributed by atoms with van der Waals surface area (Å²) in [5, 5.41) is 0.575. The molecule has 1 aromatic carbocycles. The average molecular weight is 412 g/mol. The molecule has 1 aliphatic carbocycles. The fourth-order valence-corrected chi connectivity index (χ4v) is 4.50. The van der Waals surface area contributed by atoms with Crippen LogP contribution in [0.4, 0.5) is 5.69 Å². The number of aryl methyl sites for hydroxylation is 1. The molecule has 0 bridgehead atoms. The van der Waals surface area contributed by atoms with Crippen molar-refractivity contribution in [3.63, 3.8) is 0 Å². The molecule has 1 atom stereocenters. The highest BCUT2D eigenvalue weighted by Gasteiger charge is 2.32. The first kappa shape index (κ1) is 21.8. The zero-order chi connectivity index (χ0) is 20.1. The van der Waals surface area contributed by atoms with Gasteiger partial charge >= 0.3 is 5.97 Å². The number of carbonyl (C=O) groups excluding carboxylic acids is 3. The molecule has 7 heteroatoms. The third kappa shape index (κ3) is 5.05. The van der Waals surface area contributed by atoms with Crippen molar-refractivity contribution in [3.8, 4) is 0 Å². The van der Waals surface area contributed by atoms with E-state index >= 15 is 0 Å². The van der Waals surface area contributed by atoms with Gasteiger partial charge in [0.2, 0.25) is 5.91 Å². The van der Waals surface area contributed by atoms with Crippen LogP contribution in [0.2, 0.25) is 5.02 Å². The van der Waals surface area contributed by atoms with E-state index in [1.165, 1.54) is 12.0 Å². The van der Waals surface area contributed by atoms with Gasteiger partial charge in [-0.05, 0) is 50.8 Å². The van der Waals surface area contributed by atoms with E-state index in [9.17, 15) is 14.4 Å². The number of methoxy groups -OCH3 is 1. The standard InChI is InChI=1S/C20H26ClNO4S/c1-12-9-10-16(21)13(2)18(12)22(14(3)19(24)26-4)17(23)11-27-20(25)15-7-5-6-8-15/h9-10,14-15H,5-8,11H2,1-4H3. The number of carbonyl (C=O) groups is 3. The number of rotatable bonds is 6.